The minimum atomic E-state index is -0.609. The van der Waals surface area contributed by atoms with E-state index in [4.69, 9.17) is 5.73 Å². The van der Waals surface area contributed by atoms with Crippen LogP contribution in [0.3, 0.4) is 0 Å². The summed E-state index contributed by atoms with van der Waals surface area (Å²) in [6.45, 7) is 0. The molecule has 0 heterocycles. The predicted octanol–water partition coefficient (Wildman–Crippen LogP) is 1.67. The zero-order valence-corrected chi connectivity index (χ0v) is 8.66. The molecule has 1 rings (SSSR count). The molecule has 0 aromatic heterocycles. The molecule has 0 fully saturated rings. The zero-order valence-electron chi connectivity index (χ0n) is 7.84. The number of rotatable bonds is 2. The van der Waals surface area contributed by atoms with Crippen molar-refractivity contribution in [2.75, 3.05) is 19.0 Å². The van der Waals surface area contributed by atoms with E-state index in [9.17, 15) is 8.78 Å². The number of halogens is 2. The maximum atomic E-state index is 13.3. The zero-order chi connectivity index (χ0) is 10.9. The largest absolute Gasteiger partial charge is 0.389 e. The molecule has 0 bridgehead atoms. The van der Waals surface area contributed by atoms with E-state index in [0.717, 1.165) is 12.1 Å². The summed E-state index contributed by atoms with van der Waals surface area (Å²) in [5, 5.41) is 0. The second kappa shape index (κ2) is 3.88. The number of anilines is 1. The maximum absolute atomic E-state index is 13.3. The molecule has 1 aromatic rings. The molecular weight excluding hydrogens is 206 g/mol. The Morgan fingerprint density at radius 3 is 2.29 bits per heavy atom. The Morgan fingerprint density at radius 1 is 1.29 bits per heavy atom. The summed E-state index contributed by atoms with van der Waals surface area (Å²) in [5.74, 6) is -1.15. The normalized spacial score (nSPS) is 10.0. The summed E-state index contributed by atoms with van der Waals surface area (Å²) in [5.41, 5.74) is 5.32. The molecule has 1 aromatic carbocycles. The van der Waals surface area contributed by atoms with E-state index in [2.05, 4.69) is 12.2 Å². The third-order valence-corrected chi connectivity index (χ3v) is 2.00. The third-order valence-electron chi connectivity index (χ3n) is 1.78. The van der Waals surface area contributed by atoms with E-state index in [1.54, 1.807) is 14.1 Å². The van der Waals surface area contributed by atoms with Gasteiger partial charge in [0.05, 0.1) is 5.69 Å². The van der Waals surface area contributed by atoms with Crippen LogP contribution in [0.2, 0.25) is 0 Å². The molecular formula is C9H10F2N2S. The molecule has 0 atom stereocenters. The summed E-state index contributed by atoms with van der Waals surface area (Å²) in [4.78, 5) is 1.33. The quantitative estimate of drug-likeness (QED) is 0.762. The summed E-state index contributed by atoms with van der Waals surface area (Å²) < 4.78 is 26.6. The third kappa shape index (κ3) is 1.98. The molecule has 0 spiro atoms. The first-order valence-corrected chi connectivity index (χ1v) is 4.30. The van der Waals surface area contributed by atoms with Crippen LogP contribution in [-0.4, -0.2) is 19.1 Å². The lowest BCUT2D eigenvalue weighted by atomic mass is 10.1. The van der Waals surface area contributed by atoms with Gasteiger partial charge >= 0.3 is 0 Å². The van der Waals surface area contributed by atoms with Crippen LogP contribution in [0.15, 0.2) is 12.1 Å². The van der Waals surface area contributed by atoms with E-state index < -0.39 is 11.6 Å². The second-order valence-electron chi connectivity index (χ2n) is 3.04. The number of nitrogens with two attached hydrogens (primary N) is 1. The molecule has 0 aliphatic rings. The molecule has 2 N–H and O–H groups in total. The van der Waals surface area contributed by atoms with E-state index in [1.165, 1.54) is 4.90 Å². The highest BCUT2D eigenvalue weighted by Gasteiger charge is 2.12. The molecule has 0 aliphatic heterocycles. The fourth-order valence-corrected chi connectivity index (χ4v) is 1.22. The summed E-state index contributed by atoms with van der Waals surface area (Å²) in [7, 11) is 3.25. The lowest BCUT2D eigenvalue weighted by Crippen LogP contribution is -2.15. The molecule has 0 saturated heterocycles. The first kappa shape index (κ1) is 10.8. The van der Waals surface area contributed by atoms with Crippen molar-refractivity contribution in [1.82, 2.24) is 0 Å². The maximum Gasteiger partial charge on any atom is 0.147 e. The van der Waals surface area contributed by atoms with E-state index in [1.807, 2.05) is 0 Å². The summed E-state index contributed by atoms with van der Waals surface area (Å²) >= 11 is 4.58. The SMILES string of the molecule is CN(C)c1cc(F)c(C(N)=S)cc1F. The van der Waals surface area contributed by atoms with Crippen molar-refractivity contribution in [3.63, 3.8) is 0 Å². The molecule has 76 valence electrons. The van der Waals surface area contributed by atoms with Crippen molar-refractivity contribution in [3.8, 4) is 0 Å². The Morgan fingerprint density at radius 2 is 1.86 bits per heavy atom. The van der Waals surface area contributed by atoms with E-state index in [0.29, 0.717) is 0 Å². The molecule has 14 heavy (non-hydrogen) atoms. The summed E-state index contributed by atoms with van der Waals surface area (Å²) in [6.07, 6.45) is 0. The van der Waals surface area contributed by atoms with Crippen LogP contribution < -0.4 is 10.6 Å². The molecule has 0 radical (unpaired) electrons. The van der Waals surface area contributed by atoms with E-state index in [-0.39, 0.29) is 16.2 Å². The lowest BCUT2D eigenvalue weighted by molar-refractivity contribution is 0.597. The Kier molecular flexibility index (Phi) is 3.00. The first-order chi connectivity index (χ1) is 6.43. The van der Waals surface area contributed by atoms with Gasteiger partial charge in [0.25, 0.3) is 0 Å². The van der Waals surface area contributed by atoms with Gasteiger partial charge in [-0.3, -0.25) is 0 Å². The molecule has 0 amide bonds. The highest BCUT2D eigenvalue weighted by Crippen LogP contribution is 2.21. The lowest BCUT2D eigenvalue weighted by Gasteiger charge is -2.14. The van der Waals surface area contributed by atoms with Gasteiger partial charge in [-0.2, -0.15) is 0 Å². The smallest absolute Gasteiger partial charge is 0.147 e. The fraction of sp³-hybridized carbons (Fsp3) is 0.222. The summed E-state index contributed by atoms with van der Waals surface area (Å²) in [6, 6.07) is 2.08. The van der Waals surface area contributed by atoms with Crippen LogP contribution in [0, 0.1) is 11.6 Å². The highest BCUT2D eigenvalue weighted by molar-refractivity contribution is 7.80. The Bertz CT molecular complexity index is 377. The monoisotopic (exact) mass is 216 g/mol. The van der Waals surface area contributed by atoms with Crippen LogP contribution in [0.5, 0.6) is 0 Å². The first-order valence-electron chi connectivity index (χ1n) is 3.89. The van der Waals surface area contributed by atoms with Gasteiger partial charge in [-0.05, 0) is 6.07 Å². The van der Waals surface area contributed by atoms with Gasteiger partial charge in [0, 0.05) is 25.7 Å². The number of thiocarbonyl (C=S) groups is 1. The van der Waals surface area contributed by atoms with E-state index >= 15 is 0 Å². The van der Waals surface area contributed by atoms with Crippen LogP contribution in [0.4, 0.5) is 14.5 Å². The fourth-order valence-electron chi connectivity index (χ4n) is 1.07. The van der Waals surface area contributed by atoms with Crippen molar-refractivity contribution in [2.24, 2.45) is 5.73 Å². The van der Waals surface area contributed by atoms with Gasteiger partial charge < -0.3 is 10.6 Å². The average Bonchev–Trinajstić information content (AvgIpc) is 2.07. The molecule has 0 aliphatic carbocycles. The molecule has 0 unspecified atom stereocenters. The van der Waals surface area contributed by atoms with Crippen LogP contribution in [0.1, 0.15) is 5.56 Å². The number of hydrogen-bond donors (Lipinski definition) is 1. The van der Waals surface area contributed by atoms with Crippen molar-refractivity contribution < 1.29 is 8.78 Å². The minimum Gasteiger partial charge on any atom is -0.389 e. The van der Waals surface area contributed by atoms with Crippen molar-refractivity contribution in [3.05, 3.63) is 29.3 Å². The molecule has 5 heteroatoms. The second-order valence-corrected chi connectivity index (χ2v) is 3.48. The number of nitrogens with zero attached hydrogens (tertiary/aromatic N) is 1. The van der Waals surface area contributed by atoms with Crippen molar-refractivity contribution in [2.45, 2.75) is 0 Å². The molecule has 0 saturated carbocycles. The van der Waals surface area contributed by atoms with Gasteiger partial charge in [0.1, 0.15) is 16.6 Å². The van der Waals surface area contributed by atoms with Gasteiger partial charge in [0.2, 0.25) is 0 Å². The topological polar surface area (TPSA) is 29.3 Å². The van der Waals surface area contributed by atoms with Gasteiger partial charge in [-0.25, -0.2) is 8.78 Å². The van der Waals surface area contributed by atoms with Crippen LogP contribution in [-0.2, 0) is 0 Å². The van der Waals surface area contributed by atoms with Crippen molar-refractivity contribution >= 4 is 22.9 Å². The minimum absolute atomic E-state index is 0.0666. The van der Waals surface area contributed by atoms with Crippen LogP contribution in [0.25, 0.3) is 0 Å². The Balaban J connectivity index is 3.31. The van der Waals surface area contributed by atoms with Gasteiger partial charge in [-0.1, -0.05) is 12.2 Å². The average molecular weight is 216 g/mol. The van der Waals surface area contributed by atoms with Crippen molar-refractivity contribution in [1.29, 1.82) is 0 Å². The number of hydrogen-bond acceptors (Lipinski definition) is 2. The Labute approximate surface area is 86.3 Å². The highest BCUT2D eigenvalue weighted by atomic mass is 32.1. The molecule has 2 nitrogen and oxygen atoms in total. The van der Waals surface area contributed by atoms with Crippen LogP contribution >= 0.6 is 12.2 Å². The van der Waals surface area contributed by atoms with Gasteiger partial charge in [-0.15, -0.1) is 0 Å². The Hall–Kier alpha value is -1.23. The van der Waals surface area contributed by atoms with Gasteiger partial charge in [0.15, 0.2) is 0 Å². The standard InChI is InChI=1S/C9H10F2N2S/c1-13(2)8-4-6(10)5(9(12)14)3-7(8)11/h3-4H,1-2H3,(H2,12,14). The predicted molar refractivity (Wildman–Crippen MR) is 56.6 cm³/mol. The number of benzene rings is 1.